The normalized spacial score (nSPS) is 24.3. The van der Waals surface area contributed by atoms with E-state index in [1.165, 1.54) is 51.0 Å². The van der Waals surface area contributed by atoms with Crippen molar-refractivity contribution in [2.45, 2.75) is 44.7 Å². The molecule has 1 N–H and O–H groups in total. The van der Waals surface area contributed by atoms with Gasteiger partial charge in [0.15, 0.2) is 5.65 Å². The summed E-state index contributed by atoms with van der Waals surface area (Å²) < 4.78 is 2.41. The molecule has 2 aliphatic rings. The molecule has 0 saturated carbocycles. The summed E-state index contributed by atoms with van der Waals surface area (Å²) in [5.74, 6) is 1.95. The highest BCUT2D eigenvalue weighted by Gasteiger charge is 2.25. The maximum absolute atomic E-state index is 4.94. The van der Waals surface area contributed by atoms with Crippen molar-refractivity contribution in [3.05, 3.63) is 24.2 Å². The third-order valence-corrected chi connectivity index (χ3v) is 5.43. The van der Waals surface area contributed by atoms with Crippen molar-refractivity contribution in [3.63, 3.8) is 0 Å². The summed E-state index contributed by atoms with van der Waals surface area (Å²) in [7, 11) is 2.22. The van der Waals surface area contributed by atoms with Crippen LogP contribution in [0.4, 0.5) is 0 Å². The van der Waals surface area contributed by atoms with Crippen LogP contribution in [0.25, 0.3) is 11.2 Å². The third-order valence-electron chi connectivity index (χ3n) is 5.43. The van der Waals surface area contributed by atoms with Gasteiger partial charge in [-0.05, 0) is 70.4 Å². The van der Waals surface area contributed by atoms with Gasteiger partial charge in [-0.25, -0.2) is 9.97 Å². The summed E-state index contributed by atoms with van der Waals surface area (Å²) in [5.41, 5.74) is 2.11. The summed E-state index contributed by atoms with van der Waals surface area (Å²) in [6.45, 7) is 4.59. The zero-order valence-electron chi connectivity index (χ0n) is 14.0. The molecule has 1 unspecified atom stereocenters. The van der Waals surface area contributed by atoms with Gasteiger partial charge >= 0.3 is 0 Å². The zero-order valence-corrected chi connectivity index (χ0v) is 14.0. The van der Waals surface area contributed by atoms with Crippen molar-refractivity contribution in [2.75, 3.05) is 26.7 Å². The fraction of sp³-hybridized carbons (Fsp3) is 0.667. The van der Waals surface area contributed by atoms with E-state index in [-0.39, 0.29) is 0 Å². The van der Waals surface area contributed by atoms with Crippen LogP contribution in [0, 0.1) is 5.92 Å². The molecule has 0 radical (unpaired) electrons. The number of fused-ring (bicyclic) bond motifs is 1. The van der Waals surface area contributed by atoms with E-state index < -0.39 is 0 Å². The Kier molecular flexibility index (Phi) is 4.31. The van der Waals surface area contributed by atoms with Crippen molar-refractivity contribution in [2.24, 2.45) is 5.92 Å². The number of pyridine rings is 1. The molecular weight excluding hydrogens is 286 g/mol. The minimum Gasteiger partial charge on any atom is -0.311 e. The smallest absolute Gasteiger partial charge is 0.160 e. The lowest BCUT2D eigenvalue weighted by Gasteiger charge is -2.30. The molecule has 0 spiro atoms. The van der Waals surface area contributed by atoms with Gasteiger partial charge in [0.1, 0.15) is 11.3 Å². The van der Waals surface area contributed by atoms with Gasteiger partial charge < -0.3 is 14.8 Å². The van der Waals surface area contributed by atoms with E-state index in [2.05, 4.69) is 32.9 Å². The number of nitrogens with zero attached hydrogens (tertiary/aromatic N) is 4. The largest absolute Gasteiger partial charge is 0.311 e. The van der Waals surface area contributed by atoms with Crippen LogP contribution in [-0.2, 0) is 6.54 Å². The number of piperidine rings is 2. The second-order valence-corrected chi connectivity index (χ2v) is 7.18. The highest BCUT2D eigenvalue weighted by molar-refractivity contribution is 5.71. The number of nitrogens with one attached hydrogen (secondary N) is 1. The minimum atomic E-state index is 0.393. The Morgan fingerprint density at radius 2 is 2.09 bits per heavy atom. The van der Waals surface area contributed by atoms with Crippen LogP contribution >= 0.6 is 0 Å². The molecule has 124 valence electrons. The minimum absolute atomic E-state index is 0.393. The predicted octanol–water partition coefficient (Wildman–Crippen LogP) is 2.59. The fourth-order valence-corrected chi connectivity index (χ4v) is 4.00. The molecule has 4 heterocycles. The Balaban J connectivity index is 1.65. The standard InChI is InChI=1S/C18H27N5/c1-22-11-7-14(8-12-22)13-23-17-16(6-4-10-20-17)21-18(23)15-5-2-3-9-19-15/h4,6,10,14-15,19H,2-3,5,7-9,11-13H2,1H3. The number of likely N-dealkylation sites (tertiary alicyclic amines) is 1. The Bertz CT molecular complexity index is 650. The van der Waals surface area contributed by atoms with Crippen LogP contribution in [0.2, 0.25) is 0 Å². The van der Waals surface area contributed by atoms with Crippen molar-refractivity contribution in [3.8, 4) is 0 Å². The number of imidazole rings is 1. The van der Waals surface area contributed by atoms with Crippen LogP contribution < -0.4 is 5.32 Å². The first-order valence-electron chi connectivity index (χ1n) is 9.04. The van der Waals surface area contributed by atoms with E-state index in [1.54, 1.807) is 0 Å². The molecule has 1 atom stereocenters. The molecule has 2 aromatic rings. The fourth-order valence-electron chi connectivity index (χ4n) is 4.00. The van der Waals surface area contributed by atoms with Crippen LogP contribution in [0.15, 0.2) is 18.3 Å². The van der Waals surface area contributed by atoms with E-state index in [0.717, 1.165) is 30.2 Å². The van der Waals surface area contributed by atoms with Gasteiger partial charge in [0.25, 0.3) is 0 Å². The van der Waals surface area contributed by atoms with Crippen molar-refractivity contribution < 1.29 is 0 Å². The van der Waals surface area contributed by atoms with Gasteiger partial charge in [-0.2, -0.15) is 0 Å². The molecule has 2 aromatic heterocycles. The lowest BCUT2D eigenvalue weighted by Crippen LogP contribution is -2.33. The summed E-state index contributed by atoms with van der Waals surface area (Å²) in [5, 5.41) is 3.66. The first-order chi connectivity index (χ1) is 11.3. The summed E-state index contributed by atoms with van der Waals surface area (Å²) in [6.07, 6.45) is 8.22. The molecule has 2 saturated heterocycles. The Labute approximate surface area is 138 Å². The molecule has 4 rings (SSSR count). The monoisotopic (exact) mass is 313 g/mol. The summed E-state index contributed by atoms with van der Waals surface area (Å²) >= 11 is 0. The molecule has 2 aliphatic heterocycles. The van der Waals surface area contributed by atoms with Crippen LogP contribution in [0.3, 0.4) is 0 Å². The second-order valence-electron chi connectivity index (χ2n) is 7.18. The van der Waals surface area contributed by atoms with E-state index in [4.69, 9.17) is 4.98 Å². The second kappa shape index (κ2) is 6.57. The lowest BCUT2D eigenvalue weighted by molar-refractivity contribution is 0.203. The van der Waals surface area contributed by atoms with E-state index in [9.17, 15) is 0 Å². The van der Waals surface area contributed by atoms with Crippen molar-refractivity contribution in [1.82, 2.24) is 24.8 Å². The third kappa shape index (κ3) is 3.12. The Morgan fingerprint density at radius 1 is 1.22 bits per heavy atom. The molecule has 23 heavy (non-hydrogen) atoms. The van der Waals surface area contributed by atoms with Gasteiger partial charge in [0.05, 0.1) is 6.04 Å². The molecule has 5 heteroatoms. The van der Waals surface area contributed by atoms with Gasteiger partial charge in [-0.3, -0.25) is 0 Å². The Morgan fingerprint density at radius 3 is 2.87 bits per heavy atom. The number of hydrogen-bond acceptors (Lipinski definition) is 4. The van der Waals surface area contributed by atoms with Crippen LogP contribution in [-0.4, -0.2) is 46.1 Å². The van der Waals surface area contributed by atoms with E-state index in [0.29, 0.717) is 6.04 Å². The average Bonchev–Trinajstić information content (AvgIpc) is 2.96. The van der Waals surface area contributed by atoms with Crippen molar-refractivity contribution in [1.29, 1.82) is 0 Å². The maximum atomic E-state index is 4.94. The van der Waals surface area contributed by atoms with Gasteiger partial charge in [0.2, 0.25) is 0 Å². The topological polar surface area (TPSA) is 46.0 Å². The predicted molar refractivity (Wildman–Crippen MR) is 92.3 cm³/mol. The molecule has 5 nitrogen and oxygen atoms in total. The SMILES string of the molecule is CN1CCC(Cn2c(C3CCCCN3)nc3cccnc32)CC1. The van der Waals surface area contributed by atoms with E-state index in [1.807, 2.05) is 12.3 Å². The molecular formula is C18H27N5. The maximum Gasteiger partial charge on any atom is 0.160 e. The number of aromatic nitrogens is 3. The molecule has 0 aliphatic carbocycles. The lowest BCUT2D eigenvalue weighted by atomic mass is 9.96. The summed E-state index contributed by atoms with van der Waals surface area (Å²) in [6, 6.07) is 4.48. The van der Waals surface area contributed by atoms with Crippen LogP contribution in [0.5, 0.6) is 0 Å². The molecule has 0 aromatic carbocycles. The first-order valence-corrected chi connectivity index (χ1v) is 9.04. The number of hydrogen-bond donors (Lipinski definition) is 1. The zero-order chi connectivity index (χ0) is 15.6. The quantitative estimate of drug-likeness (QED) is 0.946. The van der Waals surface area contributed by atoms with Crippen molar-refractivity contribution >= 4 is 11.2 Å². The number of rotatable bonds is 3. The van der Waals surface area contributed by atoms with Crippen LogP contribution in [0.1, 0.15) is 44.0 Å². The first kappa shape index (κ1) is 15.1. The van der Waals surface area contributed by atoms with E-state index >= 15 is 0 Å². The Hall–Kier alpha value is -1.46. The highest BCUT2D eigenvalue weighted by Crippen LogP contribution is 2.28. The van der Waals surface area contributed by atoms with Gasteiger partial charge in [-0.1, -0.05) is 6.42 Å². The molecule has 0 amide bonds. The molecule has 0 bridgehead atoms. The van der Waals surface area contributed by atoms with Gasteiger partial charge in [0, 0.05) is 12.7 Å². The van der Waals surface area contributed by atoms with Gasteiger partial charge in [-0.15, -0.1) is 0 Å². The summed E-state index contributed by atoms with van der Waals surface area (Å²) in [4.78, 5) is 12.0. The molecule has 2 fully saturated rings. The highest BCUT2D eigenvalue weighted by atomic mass is 15.2. The average molecular weight is 313 g/mol.